The molecular weight excluding hydrogens is 284 g/mol. The summed E-state index contributed by atoms with van der Waals surface area (Å²) in [5, 5.41) is 4.56. The predicted molar refractivity (Wildman–Crippen MR) is 85.6 cm³/mol. The van der Waals surface area contributed by atoms with E-state index in [0.717, 1.165) is 30.2 Å². The number of nitrogens with zero attached hydrogens (tertiary/aromatic N) is 1. The van der Waals surface area contributed by atoms with Crippen molar-refractivity contribution < 1.29 is 4.79 Å². The molecule has 0 spiro atoms. The molecule has 0 radical (unpaired) electrons. The SMILES string of the molecule is CC1(C)CCCC1NC(=O)c1cc(Cl)c2ccccc2n1. The summed E-state index contributed by atoms with van der Waals surface area (Å²) in [5.74, 6) is -0.136. The average molecular weight is 303 g/mol. The van der Waals surface area contributed by atoms with Crippen LogP contribution in [0, 0.1) is 5.41 Å². The molecule has 1 aliphatic carbocycles. The van der Waals surface area contributed by atoms with Crippen molar-refractivity contribution in [2.75, 3.05) is 0 Å². The van der Waals surface area contributed by atoms with Gasteiger partial charge in [-0.2, -0.15) is 0 Å². The maximum Gasteiger partial charge on any atom is 0.270 e. The van der Waals surface area contributed by atoms with Crippen molar-refractivity contribution in [3.8, 4) is 0 Å². The lowest BCUT2D eigenvalue weighted by Gasteiger charge is -2.27. The van der Waals surface area contributed by atoms with Gasteiger partial charge < -0.3 is 5.32 Å². The van der Waals surface area contributed by atoms with Crippen LogP contribution in [0.1, 0.15) is 43.6 Å². The second-order valence-electron chi connectivity index (χ2n) is 6.41. The molecule has 1 aliphatic rings. The largest absolute Gasteiger partial charge is 0.347 e. The number of para-hydroxylation sites is 1. The fourth-order valence-corrected chi connectivity index (χ4v) is 3.34. The van der Waals surface area contributed by atoms with Crippen LogP contribution < -0.4 is 5.32 Å². The third-order valence-electron chi connectivity index (χ3n) is 4.46. The van der Waals surface area contributed by atoms with E-state index in [-0.39, 0.29) is 17.4 Å². The lowest BCUT2D eigenvalue weighted by molar-refractivity contribution is 0.0905. The number of nitrogens with one attached hydrogen (secondary N) is 1. The van der Waals surface area contributed by atoms with Crippen LogP contribution >= 0.6 is 11.6 Å². The summed E-state index contributed by atoms with van der Waals surface area (Å²) in [6, 6.07) is 9.45. The topological polar surface area (TPSA) is 42.0 Å². The van der Waals surface area contributed by atoms with Crippen molar-refractivity contribution in [1.82, 2.24) is 10.3 Å². The maximum atomic E-state index is 12.5. The lowest BCUT2D eigenvalue weighted by atomic mass is 9.87. The summed E-state index contributed by atoms with van der Waals surface area (Å²) >= 11 is 6.26. The van der Waals surface area contributed by atoms with Gasteiger partial charge in [0.2, 0.25) is 0 Å². The van der Waals surface area contributed by atoms with Gasteiger partial charge in [0.15, 0.2) is 0 Å². The number of benzene rings is 1. The molecule has 1 heterocycles. The molecule has 1 saturated carbocycles. The number of rotatable bonds is 2. The summed E-state index contributed by atoms with van der Waals surface area (Å²) in [7, 11) is 0. The molecule has 1 atom stereocenters. The van der Waals surface area contributed by atoms with Crippen LogP contribution in [0.5, 0.6) is 0 Å². The molecule has 1 N–H and O–H groups in total. The molecule has 0 saturated heterocycles. The molecule has 3 rings (SSSR count). The average Bonchev–Trinajstić information content (AvgIpc) is 2.78. The number of amides is 1. The van der Waals surface area contributed by atoms with Crippen LogP contribution in [-0.4, -0.2) is 16.9 Å². The van der Waals surface area contributed by atoms with Crippen molar-refractivity contribution in [3.05, 3.63) is 41.0 Å². The van der Waals surface area contributed by atoms with Gasteiger partial charge in [-0.1, -0.05) is 50.1 Å². The molecule has 0 aliphatic heterocycles. The number of fused-ring (bicyclic) bond motifs is 1. The lowest BCUT2D eigenvalue weighted by Crippen LogP contribution is -2.41. The highest BCUT2D eigenvalue weighted by molar-refractivity contribution is 6.35. The Balaban J connectivity index is 1.88. The maximum absolute atomic E-state index is 12.5. The van der Waals surface area contributed by atoms with E-state index >= 15 is 0 Å². The van der Waals surface area contributed by atoms with Gasteiger partial charge in [-0.05, 0) is 30.4 Å². The quantitative estimate of drug-likeness (QED) is 0.903. The highest BCUT2D eigenvalue weighted by Crippen LogP contribution is 2.37. The first-order valence-corrected chi connectivity index (χ1v) is 7.71. The van der Waals surface area contributed by atoms with Gasteiger partial charge in [0.25, 0.3) is 5.91 Å². The first kappa shape index (κ1) is 14.3. The molecule has 21 heavy (non-hydrogen) atoms. The smallest absolute Gasteiger partial charge is 0.270 e. The Morgan fingerprint density at radius 3 is 2.86 bits per heavy atom. The van der Waals surface area contributed by atoms with Crippen molar-refractivity contribution >= 4 is 28.4 Å². The van der Waals surface area contributed by atoms with Gasteiger partial charge in [-0.15, -0.1) is 0 Å². The number of pyridine rings is 1. The van der Waals surface area contributed by atoms with Crippen molar-refractivity contribution in [2.24, 2.45) is 5.41 Å². The van der Waals surface area contributed by atoms with Crippen LogP contribution in [0.25, 0.3) is 10.9 Å². The summed E-state index contributed by atoms with van der Waals surface area (Å²) in [6.07, 6.45) is 3.33. The third kappa shape index (κ3) is 2.75. The molecule has 110 valence electrons. The van der Waals surface area contributed by atoms with E-state index in [1.807, 2.05) is 24.3 Å². The Morgan fingerprint density at radius 1 is 1.38 bits per heavy atom. The summed E-state index contributed by atoms with van der Waals surface area (Å²) in [5.41, 5.74) is 1.29. The van der Waals surface area contributed by atoms with Crippen LogP contribution in [0.15, 0.2) is 30.3 Å². The summed E-state index contributed by atoms with van der Waals surface area (Å²) in [6.45, 7) is 4.40. The summed E-state index contributed by atoms with van der Waals surface area (Å²) < 4.78 is 0. The normalized spacial score (nSPS) is 20.6. The number of carbonyl (C=O) groups excluding carboxylic acids is 1. The Hall–Kier alpha value is -1.61. The molecule has 4 heteroatoms. The number of carbonyl (C=O) groups is 1. The molecule has 1 amide bonds. The van der Waals surface area contributed by atoms with Crippen molar-refractivity contribution in [1.29, 1.82) is 0 Å². The Bertz CT molecular complexity index is 696. The molecule has 3 nitrogen and oxygen atoms in total. The molecular formula is C17H19ClN2O. The van der Waals surface area contributed by atoms with E-state index in [1.54, 1.807) is 6.07 Å². The highest BCUT2D eigenvalue weighted by atomic mass is 35.5. The van der Waals surface area contributed by atoms with Gasteiger partial charge in [-0.3, -0.25) is 4.79 Å². The van der Waals surface area contributed by atoms with E-state index in [4.69, 9.17) is 11.6 Å². The Labute approximate surface area is 129 Å². The van der Waals surface area contributed by atoms with E-state index in [2.05, 4.69) is 24.1 Å². The molecule has 2 aromatic rings. The van der Waals surface area contributed by atoms with Crippen LogP contribution in [-0.2, 0) is 0 Å². The zero-order chi connectivity index (χ0) is 15.0. The van der Waals surface area contributed by atoms with Gasteiger partial charge in [0, 0.05) is 11.4 Å². The van der Waals surface area contributed by atoms with E-state index in [0.29, 0.717) is 10.7 Å². The first-order chi connectivity index (χ1) is 9.97. The van der Waals surface area contributed by atoms with Gasteiger partial charge in [-0.25, -0.2) is 4.98 Å². The Morgan fingerprint density at radius 2 is 2.14 bits per heavy atom. The zero-order valence-corrected chi connectivity index (χ0v) is 13.1. The van der Waals surface area contributed by atoms with Crippen LogP contribution in [0.2, 0.25) is 5.02 Å². The highest BCUT2D eigenvalue weighted by Gasteiger charge is 2.35. The molecule has 1 fully saturated rings. The molecule has 1 aromatic heterocycles. The Kier molecular flexibility index (Phi) is 3.62. The zero-order valence-electron chi connectivity index (χ0n) is 12.3. The number of hydrogen-bond acceptors (Lipinski definition) is 2. The minimum absolute atomic E-state index is 0.136. The predicted octanol–water partition coefficient (Wildman–Crippen LogP) is 4.20. The monoisotopic (exact) mass is 302 g/mol. The van der Waals surface area contributed by atoms with Gasteiger partial charge in [0.05, 0.1) is 10.5 Å². The van der Waals surface area contributed by atoms with Gasteiger partial charge in [0.1, 0.15) is 5.69 Å². The van der Waals surface area contributed by atoms with Crippen molar-refractivity contribution in [3.63, 3.8) is 0 Å². The minimum Gasteiger partial charge on any atom is -0.347 e. The molecule has 1 unspecified atom stereocenters. The first-order valence-electron chi connectivity index (χ1n) is 7.33. The van der Waals surface area contributed by atoms with E-state index in [9.17, 15) is 4.79 Å². The molecule has 1 aromatic carbocycles. The third-order valence-corrected chi connectivity index (χ3v) is 4.77. The van der Waals surface area contributed by atoms with Crippen LogP contribution in [0.3, 0.4) is 0 Å². The number of hydrogen-bond donors (Lipinski definition) is 1. The fourth-order valence-electron chi connectivity index (χ4n) is 3.08. The second kappa shape index (κ2) is 5.30. The fraction of sp³-hybridized carbons (Fsp3) is 0.412. The van der Waals surface area contributed by atoms with E-state index < -0.39 is 0 Å². The number of halogens is 1. The molecule has 0 bridgehead atoms. The van der Waals surface area contributed by atoms with Gasteiger partial charge >= 0.3 is 0 Å². The standard InChI is InChI=1S/C17H19ClN2O/c1-17(2)9-5-8-15(17)20-16(21)14-10-12(18)11-6-3-4-7-13(11)19-14/h3-4,6-7,10,15H,5,8-9H2,1-2H3,(H,20,21). The van der Waals surface area contributed by atoms with Crippen molar-refractivity contribution in [2.45, 2.75) is 39.2 Å². The van der Waals surface area contributed by atoms with Crippen LogP contribution in [0.4, 0.5) is 0 Å². The van der Waals surface area contributed by atoms with E-state index in [1.165, 1.54) is 0 Å². The number of aromatic nitrogens is 1. The second-order valence-corrected chi connectivity index (χ2v) is 6.82. The minimum atomic E-state index is -0.136. The summed E-state index contributed by atoms with van der Waals surface area (Å²) in [4.78, 5) is 16.9.